The second-order valence-corrected chi connectivity index (χ2v) is 12.3. The molecule has 3 atom stereocenters. The quantitative estimate of drug-likeness (QED) is 0.254. The molecular weight excluding hydrogens is 514 g/mol. The van der Waals surface area contributed by atoms with Crippen LogP contribution in [0, 0.1) is 17.8 Å². The van der Waals surface area contributed by atoms with Gasteiger partial charge in [-0.25, -0.2) is 4.98 Å². The number of rotatable bonds is 7. The number of piperazine rings is 1. The number of anilines is 3. The number of carbonyl (C=O) groups excluding carboxylic acids is 1. The van der Waals surface area contributed by atoms with Crippen molar-refractivity contribution in [2.45, 2.75) is 45.6 Å². The van der Waals surface area contributed by atoms with Crippen LogP contribution in [0.4, 0.5) is 17.2 Å². The van der Waals surface area contributed by atoms with E-state index in [1.807, 2.05) is 6.07 Å². The van der Waals surface area contributed by atoms with Crippen molar-refractivity contribution in [2.24, 2.45) is 17.8 Å². The summed E-state index contributed by atoms with van der Waals surface area (Å²) in [6.45, 7) is 11.6. The fraction of sp³-hybridized carbons (Fsp3) is 0.469. The van der Waals surface area contributed by atoms with Gasteiger partial charge in [-0.15, -0.1) is 0 Å². The van der Waals surface area contributed by atoms with Gasteiger partial charge in [-0.3, -0.25) is 14.8 Å². The van der Waals surface area contributed by atoms with Gasteiger partial charge in [0.05, 0.1) is 23.5 Å². The molecule has 1 saturated carbocycles. The molecule has 41 heavy (non-hydrogen) atoms. The molecule has 0 bridgehead atoms. The van der Waals surface area contributed by atoms with Crippen LogP contribution in [0.3, 0.4) is 0 Å². The van der Waals surface area contributed by atoms with Crippen LogP contribution in [-0.2, 0) is 5.54 Å². The maximum absolute atomic E-state index is 13.3. The maximum Gasteiger partial charge on any atom is 0.275 e. The number of benzene rings is 1. The van der Waals surface area contributed by atoms with Crippen molar-refractivity contribution in [3.63, 3.8) is 0 Å². The van der Waals surface area contributed by atoms with Crippen LogP contribution in [0.5, 0.6) is 0 Å². The predicted molar refractivity (Wildman–Crippen MR) is 162 cm³/mol. The van der Waals surface area contributed by atoms with E-state index in [9.17, 15) is 4.79 Å². The molecular formula is C32H41N7O2. The van der Waals surface area contributed by atoms with Crippen molar-refractivity contribution >= 4 is 34.1 Å². The average Bonchev–Trinajstić information content (AvgIpc) is 3.64. The Bertz CT molecular complexity index is 1490. The summed E-state index contributed by atoms with van der Waals surface area (Å²) in [4.78, 5) is 23.0. The van der Waals surface area contributed by atoms with Crippen LogP contribution in [0.15, 0.2) is 59.5 Å². The Balaban J connectivity index is 1.24. The van der Waals surface area contributed by atoms with Gasteiger partial charge in [-0.05, 0) is 67.5 Å². The largest absolute Gasteiger partial charge is 0.464 e. The third-order valence-corrected chi connectivity index (χ3v) is 9.26. The van der Waals surface area contributed by atoms with Crippen molar-refractivity contribution in [3.05, 3.63) is 66.3 Å². The number of furan rings is 1. The third kappa shape index (κ3) is 5.24. The Morgan fingerprint density at radius 3 is 2.63 bits per heavy atom. The van der Waals surface area contributed by atoms with E-state index in [1.54, 1.807) is 24.7 Å². The molecule has 9 nitrogen and oxygen atoms in total. The minimum absolute atomic E-state index is 0.0111. The summed E-state index contributed by atoms with van der Waals surface area (Å²) in [5.74, 6) is 2.20. The number of fused-ring (bicyclic) bond motifs is 1. The molecule has 1 aliphatic carbocycles. The lowest BCUT2D eigenvalue weighted by Gasteiger charge is -2.56. The first-order valence-electron chi connectivity index (χ1n) is 14.8. The van der Waals surface area contributed by atoms with E-state index in [2.05, 4.69) is 87.7 Å². The van der Waals surface area contributed by atoms with E-state index >= 15 is 0 Å². The molecule has 3 N–H and O–H groups in total. The van der Waals surface area contributed by atoms with Gasteiger partial charge in [0.2, 0.25) is 0 Å². The number of pyridine rings is 1. The number of H-pyrrole nitrogens is 1. The second-order valence-electron chi connectivity index (χ2n) is 12.3. The van der Waals surface area contributed by atoms with Gasteiger partial charge < -0.3 is 20.0 Å². The Morgan fingerprint density at radius 1 is 1.10 bits per heavy atom. The highest BCUT2D eigenvalue weighted by Gasteiger charge is 2.49. The molecule has 2 fully saturated rings. The average molecular weight is 556 g/mol. The summed E-state index contributed by atoms with van der Waals surface area (Å²) < 4.78 is 5.48. The van der Waals surface area contributed by atoms with E-state index in [0.717, 1.165) is 42.8 Å². The lowest BCUT2D eigenvalue weighted by atomic mass is 9.61. The number of amides is 1. The highest BCUT2D eigenvalue weighted by atomic mass is 16.3. The Morgan fingerprint density at radius 2 is 1.88 bits per heavy atom. The number of nitrogens with one attached hydrogen (secondary N) is 3. The lowest BCUT2D eigenvalue weighted by Crippen LogP contribution is -2.60. The topological polar surface area (TPSA) is 102 Å². The zero-order valence-corrected chi connectivity index (χ0v) is 24.5. The maximum atomic E-state index is 13.3. The first kappa shape index (κ1) is 27.5. The van der Waals surface area contributed by atoms with Crippen molar-refractivity contribution in [2.75, 3.05) is 43.9 Å². The minimum Gasteiger partial charge on any atom is -0.464 e. The summed E-state index contributed by atoms with van der Waals surface area (Å²) >= 11 is 0. The summed E-state index contributed by atoms with van der Waals surface area (Å²) in [6.07, 6.45) is 8.59. The zero-order chi connectivity index (χ0) is 28.6. The van der Waals surface area contributed by atoms with Crippen LogP contribution in [0.25, 0.3) is 11.0 Å². The lowest BCUT2D eigenvalue weighted by molar-refractivity contribution is -0.0600. The Labute approximate surface area is 241 Å². The van der Waals surface area contributed by atoms with Crippen LogP contribution < -0.4 is 10.6 Å². The van der Waals surface area contributed by atoms with Gasteiger partial charge in [0.15, 0.2) is 0 Å². The fourth-order valence-corrected chi connectivity index (χ4v) is 7.17. The van der Waals surface area contributed by atoms with Gasteiger partial charge in [0, 0.05) is 43.6 Å². The van der Waals surface area contributed by atoms with Crippen molar-refractivity contribution in [3.8, 4) is 0 Å². The summed E-state index contributed by atoms with van der Waals surface area (Å²) in [7, 11) is 2.22. The fourth-order valence-electron chi connectivity index (χ4n) is 7.17. The number of hydrogen-bond donors (Lipinski definition) is 3. The van der Waals surface area contributed by atoms with Crippen molar-refractivity contribution < 1.29 is 9.21 Å². The molecule has 4 heterocycles. The molecule has 2 aliphatic rings. The number of likely N-dealkylation sites (N-methyl/N-ethyl adjacent to an activating group) is 1. The van der Waals surface area contributed by atoms with Crippen LogP contribution in [0.2, 0.25) is 0 Å². The molecule has 6 rings (SSSR count). The van der Waals surface area contributed by atoms with Crippen LogP contribution in [-0.4, -0.2) is 64.1 Å². The SMILES string of the molecule is CC1CCC(C(C)C)C(c2ccc(NC(=O)c3[nH]ncc3Nc3nccc4occc34)cc2)(N2CCN(C)CC2)C1. The van der Waals surface area contributed by atoms with Crippen molar-refractivity contribution in [1.29, 1.82) is 0 Å². The van der Waals surface area contributed by atoms with E-state index in [0.29, 0.717) is 35.0 Å². The van der Waals surface area contributed by atoms with Gasteiger partial charge in [0.25, 0.3) is 5.91 Å². The number of nitrogens with zero attached hydrogens (tertiary/aromatic N) is 4. The molecule has 3 aromatic heterocycles. The van der Waals surface area contributed by atoms with Gasteiger partial charge in [-0.1, -0.05) is 39.3 Å². The number of aromatic nitrogens is 3. The molecule has 1 amide bonds. The first-order chi connectivity index (χ1) is 19.8. The molecule has 4 aromatic rings. The normalized spacial score (nSPS) is 24.1. The molecule has 0 spiro atoms. The molecule has 0 radical (unpaired) electrons. The first-order valence-corrected chi connectivity index (χ1v) is 14.8. The van der Waals surface area contributed by atoms with Gasteiger partial charge in [0.1, 0.15) is 17.1 Å². The minimum atomic E-state index is -0.266. The molecule has 1 aliphatic heterocycles. The molecule has 3 unspecified atom stereocenters. The number of carbonyl (C=O) groups is 1. The van der Waals surface area contributed by atoms with E-state index in [4.69, 9.17) is 4.42 Å². The van der Waals surface area contributed by atoms with Gasteiger partial charge >= 0.3 is 0 Å². The van der Waals surface area contributed by atoms with E-state index in [-0.39, 0.29) is 11.4 Å². The molecule has 1 saturated heterocycles. The highest BCUT2D eigenvalue weighted by Crippen LogP contribution is 2.51. The van der Waals surface area contributed by atoms with Gasteiger partial charge in [-0.2, -0.15) is 5.10 Å². The van der Waals surface area contributed by atoms with Crippen LogP contribution >= 0.6 is 0 Å². The predicted octanol–water partition coefficient (Wildman–Crippen LogP) is 6.08. The Kier molecular flexibility index (Phi) is 7.57. The molecule has 9 heteroatoms. The van der Waals surface area contributed by atoms with Crippen LogP contribution in [0.1, 0.15) is 56.1 Å². The molecule has 1 aromatic carbocycles. The standard InChI is InChI=1S/C32H41N7O2/c1-21(2)26-10-5-22(3)19-32(26,39-16-14-38(4)15-17-39)23-6-8-24(9-7-23)35-31(40)29-27(20-34-37-29)36-30-25-12-18-41-28(25)11-13-33-30/h6-9,11-13,18,20-22,26H,5,10,14-17,19H2,1-4H3,(H,33,36)(H,34,37)(H,35,40). The monoisotopic (exact) mass is 555 g/mol. The summed E-state index contributed by atoms with van der Waals surface area (Å²) in [5.41, 5.74) is 3.74. The highest BCUT2D eigenvalue weighted by molar-refractivity contribution is 6.07. The summed E-state index contributed by atoms with van der Waals surface area (Å²) in [5, 5.41) is 14.1. The van der Waals surface area contributed by atoms with Crippen molar-refractivity contribution in [1.82, 2.24) is 25.0 Å². The second kappa shape index (κ2) is 11.3. The third-order valence-electron chi connectivity index (χ3n) is 9.26. The van der Waals surface area contributed by atoms with E-state index < -0.39 is 0 Å². The summed E-state index contributed by atoms with van der Waals surface area (Å²) in [6, 6.07) is 12.3. The molecule has 216 valence electrons. The number of hydrogen-bond acceptors (Lipinski definition) is 7. The smallest absolute Gasteiger partial charge is 0.275 e. The zero-order valence-electron chi connectivity index (χ0n) is 24.5. The van der Waals surface area contributed by atoms with E-state index in [1.165, 1.54) is 24.8 Å². The Hall–Kier alpha value is -3.69. The number of aromatic amines is 1.